The molecule has 0 aliphatic rings. The Kier molecular flexibility index (Phi) is 4.21. The van der Waals surface area contributed by atoms with Crippen LogP contribution in [0.4, 0.5) is 5.13 Å². The van der Waals surface area contributed by atoms with E-state index in [4.69, 9.17) is 4.74 Å². The van der Waals surface area contributed by atoms with Gasteiger partial charge in [-0.2, -0.15) is 0 Å². The first-order chi connectivity index (χ1) is 9.10. The molecule has 0 fully saturated rings. The van der Waals surface area contributed by atoms with E-state index in [0.29, 0.717) is 13.0 Å². The Balaban J connectivity index is 1.99. The van der Waals surface area contributed by atoms with Crippen molar-refractivity contribution in [3.05, 3.63) is 18.2 Å². The first-order valence-corrected chi connectivity index (χ1v) is 6.80. The molecule has 2 rings (SSSR count). The number of benzene rings is 1. The summed E-state index contributed by atoms with van der Waals surface area (Å²) in [4.78, 5) is 17.5. The van der Waals surface area contributed by atoms with Crippen molar-refractivity contribution in [2.45, 2.75) is 6.42 Å². The predicted molar refractivity (Wildman–Crippen MR) is 78.0 cm³/mol. The minimum atomic E-state index is 0.107. The summed E-state index contributed by atoms with van der Waals surface area (Å²) in [7, 11) is 5.16. The average molecular weight is 279 g/mol. The Morgan fingerprint density at radius 3 is 2.95 bits per heavy atom. The van der Waals surface area contributed by atoms with Crippen molar-refractivity contribution in [3.63, 3.8) is 0 Å². The summed E-state index contributed by atoms with van der Waals surface area (Å²) in [5.74, 6) is 0.931. The Morgan fingerprint density at radius 2 is 2.26 bits per heavy atom. The number of amides is 1. The van der Waals surface area contributed by atoms with Crippen LogP contribution in [-0.4, -0.2) is 43.5 Å². The summed E-state index contributed by atoms with van der Waals surface area (Å²) in [6.07, 6.45) is 0.465. The zero-order valence-electron chi connectivity index (χ0n) is 11.3. The highest BCUT2D eigenvalue weighted by molar-refractivity contribution is 7.22. The average Bonchev–Trinajstić information content (AvgIpc) is 2.79. The van der Waals surface area contributed by atoms with Crippen molar-refractivity contribution < 1.29 is 9.53 Å². The van der Waals surface area contributed by atoms with Crippen molar-refractivity contribution in [3.8, 4) is 5.75 Å². The Hall–Kier alpha value is -1.82. The van der Waals surface area contributed by atoms with Crippen LogP contribution in [0.5, 0.6) is 5.75 Å². The molecule has 1 amide bonds. The fraction of sp³-hybridized carbons (Fsp3) is 0.385. The quantitative estimate of drug-likeness (QED) is 0.911. The van der Waals surface area contributed by atoms with Crippen LogP contribution in [0.1, 0.15) is 6.42 Å². The van der Waals surface area contributed by atoms with Gasteiger partial charge in [-0.05, 0) is 18.2 Å². The molecule has 1 aromatic carbocycles. The van der Waals surface area contributed by atoms with Crippen LogP contribution in [0.2, 0.25) is 0 Å². The van der Waals surface area contributed by atoms with Crippen molar-refractivity contribution in [1.29, 1.82) is 0 Å². The number of thiazole rings is 1. The first kappa shape index (κ1) is 13.6. The number of carbonyl (C=O) groups is 1. The van der Waals surface area contributed by atoms with E-state index in [1.165, 1.54) is 0 Å². The van der Waals surface area contributed by atoms with Crippen LogP contribution < -0.4 is 10.1 Å². The molecule has 0 bridgehead atoms. The molecule has 0 saturated heterocycles. The second-order valence-electron chi connectivity index (χ2n) is 4.32. The number of nitrogens with one attached hydrogen (secondary N) is 1. The van der Waals surface area contributed by atoms with Gasteiger partial charge in [0.15, 0.2) is 5.13 Å². The predicted octanol–water partition coefficient (Wildman–Crippen LogP) is 2.20. The topological polar surface area (TPSA) is 54.5 Å². The lowest BCUT2D eigenvalue weighted by atomic mass is 10.3. The minimum Gasteiger partial charge on any atom is -0.497 e. The third-order valence-corrected chi connectivity index (χ3v) is 3.69. The molecule has 19 heavy (non-hydrogen) atoms. The maximum Gasteiger partial charge on any atom is 0.223 e. The first-order valence-electron chi connectivity index (χ1n) is 5.99. The van der Waals surface area contributed by atoms with Gasteiger partial charge in [0.2, 0.25) is 5.91 Å². The molecule has 5 nitrogen and oxygen atoms in total. The molecule has 2 aromatic rings. The van der Waals surface area contributed by atoms with Gasteiger partial charge in [-0.3, -0.25) is 4.79 Å². The van der Waals surface area contributed by atoms with E-state index in [2.05, 4.69) is 10.3 Å². The molecule has 0 unspecified atom stereocenters. The summed E-state index contributed by atoms with van der Waals surface area (Å²) < 4.78 is 6.25. The molecular weight excluding hydrogens is 262 g/mol. The fourth-order valence-electron chi connectivity index (χ4n) is 1.61. The van der Waals surface area contributed by atoms with Gasteiger partial charge in [-0.15, -0.1) is 0 Å². The zero-order chi connectivity index (χ0) is 13.8. The van der Waals surface area contributed by atoms with E-state index in [9.17, 15) is 4.79 Å². The summed E-state index contributed by atoms with van der Waals surface area (Å²) in [6.45, 7) is 0.591. The number of methoxy groups -OCH3 is 1. The molecule has 0 spiro atoms. The Labute approximate surface area is 116 Å². The maximum absolute atomic E-state index is 11.4. The molecule has 1 aromatic heterocycles. The molecule has 6 heteroatoms. The SMILES string of the molecule is COc1ccc2nc(NCCC(=O)N(C)C)sc2c1. The molecule has 1 heterocycles. The van der Waals surface area contributed by atoms with Crippen molar-refractivity contribution >= 4 is 32.6 Å². The summed E-state index contributed by atoms with van der Waals surface area (Å²) in [5.41, 5.74) is 0.937. The summed E-state index contributed by atoms with van der Waals surface area (Å²) >= 11 is 1.56. The van der Waals surface area contributed by atoms with Crippen LogP contribution >= 0.6 is 11.3 Å². The van der Waals surface area contributed by atoms with Gasteiger partial charge in [0.25, 0.3) is 0 Å². The molecule has 1 N–H and O–H groups in total. The van der Waals surface area contributed by atoms with E-state index < -0.39 is 0 Å². The highest BCUT2D eigenvalue weighted by Gasteiger charge is 2.06. The van der Waals surface area contributed by atoms with E-state index in [1.54, 1.807) is 37.4 Å². The van der Waals surface area contributed by atoms with Crippen LogP contribution in [-0.2, 0) is 4.79 Å². The molecule has 0 saturated carbocycles. The Bertz CT molecular complexity index is 580. The van der Waals surface area contributed by atoms with E-state index in [0.717, 1.165) is 21.1 Å². The lowest BCUT2D eigenvalue weighted by molar-refractivity contribution is -0.128. The van der Waals surface area contributed by atoms with E-state index >= 15 is 0 Å². The Morgan fingerprint density at radius 1 is 1.47 bits per heavy atom. The van der Waals surface area contributed by atoms with Gasteiger partial charge in [-0.25, -0.2) is 4.98 Å². The summed E-state index contributed by atoms with van der Waals surface area (Å²) in [6, 6.07) is 5.78. The molecule has 0 aliphatic carbocycles. The third kappa shape index (κ3) is 3.35. The van der Waals surface area contributed by atoms with Gasteiger partial charge in [-0.1, -0.05) is 11.3 Å². The maximum atomic E-state index is 11.4. The number of nitrogens with zero attached hydrogens (tertiary/aromatic N) is 2. The number of carbonyl (C=O) groups excluding carboxylic acids is 1. The molecule has 0 atom stereocenters. The lowest BCUT2D eigenvalue weighted by Crippen LogP contribution is -2.23. The van der Waals surface area contributed by atoms with Crippen molar-refractivity contribution in [2.75, 3.05) is 33.1 Å². The molecule has 0 aliphatic heterocycles. The molecule has 102 valence electrons. The fourth-order valence-corrected chi connectivity index (χ4v) is 2.53. The zero-order valence-corrected chi connectivity index (χ0v) is 12.1. The van der Waals surface area contributed by atoms with Gasteiger partial charge in [0.1, 0.15) is 5.75 Å². The second-order valence-corrected chi connectivity index (χ2v) is 5.35. The third-order valence-electron chi connectivity index (χ3n) is 2.71. The lowest BCUT2D eigenvalue weighted by Gasteiger charge is -2.09. The number of ether oxygens (including phenoxy) is 1. The highest BCUT2D eigenvalue weighted by Crippen LogP contribution is 2.28. The van der Waals surface area contributed by atoms with Crippen LogP contribution in [0, 0.1) is 0 Å². The number of rotatable bonds is 5. The van der Waals surface area contributed by atoms with Gasteiger partial charge >= 0.3 is 0 Å². The molecule has 0 radical (unpaired) electrons. The van der Waals surface area contributed by atoms with Crippen molar-refractivity contribution in [1.82, 2.24) is 9.88 Å². The van der Waals surface area contributed by atoms with Crippen LogP contribution in [0.3, 0.4) is 0 Å². The van der Waals surface area contributed by atoms with Crippen LogP contribution in [0.25, 0.3) is 10.2 Å². The van der Waals surface area contributed by atoms with Gasteiger partial charge < -0.3 is 15.0 Å². The standard InChI is InChI=1S/C13H17N3O2S/c1-16(2)12(17)6-7-14-13-15-10-5-4-9(18-3)8-11(10)19-13/h4-5,8H,6-7H2,1-3H3,(H,14,15). The van der Waals surface area contributed by atoms with E-state index in [1.807, 2.05) is 18.2 Å². The normalized spacial score (nSPS) is 10.5. The number of fused-ring (bicyclic) bond motifs is 1. The van der Waals surface area contributed by atoms with Crippen molar-refractivity contribution in [2.24, 2.45) is 0 Å². The van der Waals surface area contributed by atoms with Crippen LogP contribution in [0.15, 0.2) is 18.2 Å². The smallest absolute Gasteiger partial charge is 0.223 e. The largest absolute Gasteiger partial charge is 0.497 e. The number of hydrogen-bond acceptors (Lipinski definition) is 5. The number of hydrogen-bond donors (Lipinski definition) is 1. The monoisotopic (exact) mass is 279 g/mol. The summed E-state index contributed by atoms with van der Waals surface area (Å²) in [5, 5.41) is 4.00. The second kappa shape index (κ2) is 5.88. The number of anilines is 1. The van der Waals surface area contributed by atoms with E-state index in [-0.39, 0.29) is 5.91 Å². The minimum absolute atomic E-state index is 0.107. The van der Waals surface area contributed by atoms with Gasteiger partial charge in [0.05, 0.1) is 17.3 Å². The van der Waals surface area contributed by atoms with Gasteiger partial charge in [0, 0.05) is 27.1 Å². The molecular formula is C13H17N3O2S. The number of aromatic nitrogens is 1. The highest BCUT2D eigenvalue weighted by atomic mass is 32.1.